The lowest BCUT2D eigenvalue weighted by Crippen LogP contribution is -2.48. The highest BCUT2D eigenvalue weighted by atomic mass is 16.4. The van der Waals surface area contributed by atoms with Gasteiger partial charge < -0.3 is 25.3 Å². The second-order valence-corrected chi connectivity index (χ2v) is 4.02. The van der Waals surface area contributed by atoms with Crippen LogP contribution in [0.15, 0.2) is 22.8 Å². The first kappa shape index (κ1) is 14.7. The standard InChI is InChI=1S/C11H14N2O6/c1-11(18,10(16)17)6-13-8(14)5-12-9(15)7-3-2-4-19-7/h2-4,18H,5-6H2,1H3,(H,12,15)(H,13,14)(H,16,17). The highest BCUT2D eigenvalue weighted by molar-refractivity contribution is 5.94. The number of hydrogen-bond donors (Lipinski definition) is 4. The molecule has 0 fully saturated rings. The molecule has 4 N–H and O–H groups in total. The predicted molar refractivity (Wildman–Crippen MR) is 62.3 cm³/mol. The molecule has 1 rings (SSSR count). The molecule has 1 aromatic rings. The van der Waals surface area contributed by atoms with E-state index in [2.05, 4.69) is 10.6 Å². The molecule has 19 heavy (non-hydrogen) atoms. The Balaban J connectivity index is 2.33. The SMILES string of the molecule is CC(O)(CNC(=O)CNC(=O)c1ccco1)C(=O)O. The predicted octanol–water partition coefficient (Wildman–Crippen LogP) is -1.04. The molecule has 0 saturated carbocycles. The summed E-state index contributed by atoms with van der Waals surface area (Å²) in [7, 11) is 0. The fraction of sp³-hybridized carbons (Fsp3) is 0.364. The molecule has 8 heteroatoms. The molecule has 0 spiro atoms. The topological polar surface area (TPSA) is 129 Å². The van der Waals surface area contributed by atoms with Gasteiger partial charge in [0.2, 0.25) is 5.91 Å². The maximum Gasteiger partial charge on any atom is 0.337 e. The molecule has 1 unspecified atom stereocenters. The molecular formula is C11H14N2O6. The number of furan rings is 1. The first-order chi connectivity index (χ1) is 8.83. The van der Waals surface area contributed by atoms with E-state index in [0.717, 1.165) is 6.92 Å². The summed E-state index contributed by atoms with van der Waals surface area (Å²) in [5.74, 6) is -2.58. The van der Waals surface area contributed by atoms with Gasteiger partial charge in [0.1, 0.15) is 0 Å². The van der Waals surface area contributed by atoms with Crippen molar-refractivity contribution in [2.75, 3.05) is 13.1 Å². The average Bonchev–Trinajstić information content (AvgIpc) is 2.87. The molecular weight excluding hydrogens is 256 g/mol. The molecule has 8 nitrogen and oxygen atoms in total. The number of rotatable bonds is 6. The van der Waals surface area contributed by atoms with Crippen molar-refractivity contribution in [1.82, 2.24) is 10.6 Å². The summed E-state index contributed by atoms with van der Waals surface area (Å²) in [6, 6.07) is 2.96. The Labute approximate surface area is 108 Å². The van der Waals surface area contributed by atoms with Gasteiger partial charge in [-0.3, -0.25) is 9.59 Å². The van der Waals surface area contributed by atoms with Crippen molar-refractivity contribution in [3.05, 3.63) is 24.2 Å². The van der Waals surface area contributed by atoms with Gasteiger partial charge in [-0.1, -0.05) is 0 Å². The lowest BCUT2D eigenvalue weighted by molar-refractivity contribution is -0.156. The summed E-state index contributed by atoms with van der Waals surface area (Å²) in [5, 5.41) is 22.4. The first-order valence-electron chi connectivity index (χ1n) is 5.37. The van der Waals surface area contributed by atoms with Crippen LogP contribution in [0, 0.1) is 0 Å². The minimum absolute atomic E-state index is 0.0605. The van der Waals surface area contributed by atoms with Crippen molar-refractivity contribution >= 4 is 17.8 Å². The van der Waals surface area contributed by atoms with E-state index in [4.69, 9.17) is 9.52 Å². The van der Waals surface area contributed by atoms with Crippen LogP contribution in [0.4, 0.5) is 0 Å². The molecule has 0 saturated heterocycles. The number of aliphatic hydroxyl groups is 1. The van der Waals surface area contributed by atoms with Crippen LogP contribution in [-0.2, 0) is 9.59 Å². The fourth-order valence-electron chi connectivity index (χ4n) is 1.06. The summed E-state index contributed by atoms with van der Waals surface area (Å²) >= 11 is 0. The van der Waals surface area contributed by atoms with E-state index in [-0.39, 0.29) is 12.3 Å². The first-order valence-corrected chi connectivity index (χ1v) is 5.37. The third-order valence-corrected chi connectivity index (χ3v) is 2.24. The van der Waals surface area contributed by atoms with Gasteiger partial charge in [0.25, 0.3) is 5.91 Å². The molecule has 1 aromatic heterocycles. The minimum atomic E-state index is -2.05. The summed E-state index contributed by atoms with van der Waals surface area (Å²) < 4.78 is 4.81. The van der Waals surface area contributed by atoms with Crippen LogP contribution in [-0.4, -0.2) is 46.7 Å². The Morgan fingerprint density at radius 1 is 1.37 bits per heavy atom. The molecule has 0 aromatic carbocycles. The molecule has 2 amide bonds. The molecule has 0 bridgehead atoms. The van der Waals surface area contributed by atoms with Crippen molar-refractivity contribution < 1.29 is 29.0 Å². The average molecular weight is 270 g/mol. The summed E-state index contributed by atoms with van der Waals surface area (Å²) in [6.45, 7) is 0.240. The summed E-state index contributed by atoms with van der Waals surface area (Å²) in [5.41, 5.74) is -2.05. The molecule has 104 valence electrons. The second kappa shape index (κ2) is 6.01. The number of carbonyl (C=O) groups is 3. The van der Waals surface area contributed by atoms with Crippen molar-refractivity contribution in [1.29, 1.82) is 0 Å². The third-order valence-electron chi connectivity index (χ3n) is 2.24. The highest BCUT2D eigenvalue weighted by Crippen LogP contribution is 2.00. The number of carboxylic acids is 1. The van der Waals surface area contributed by atoms with Crippen LogP contribution in [0.25, 0.3) is 0 Å². The Bertz CT molecular complexity index is 466. The molecule has 0 aliphatic rings. The quantitative estimate of drug-likeness (QED) is 0.522. The van der Waals surface area contributed by atoms with Gasteiger partial charge in [0.05, 0.1) is 19.4 Å². The Kier molecular flexibility index (Phi) is 4.65. The smallest absolute Gasteiger partial charge is 0.337 e. The zero-order chi connectivity index (χ0) is 14.5. The van der Waals surface area contributed by atoms with Crippen molar-refractivity contribution in [3.8, 4) is 0 Å². The maximum atomic E-state index is 11.4. The molecule has 0 aliphatic heterocycles. The van der Waals surface area contributed by atoms with E-state index >= 15 is 0 Å². The van der Waals surface area contributed by atoms with E-state index in [1.54, 1.807) is 0 Å². The third kappa shape index (κ3) is 4.43. The van der Waals surface area contributed by atoms with Gasteiger partial charge >= 0.3 is 5.97 Å². The number of amides is 2. The number of carboxylic acid groups (broad SMARTS) is 1. The van der Waals surface area contributed by atoms with Crippen LogP contribution < -0.4 is 10.6 Å². The minimum Gasteiger partial charge on any atom is -0.479 e. The van der Waals surface area contributed by atoms with Gasteiger partial charge in [-0.15, -0.1) is 0 Å². The zero-order valence-corrected chi connectivity index (χ0v) is 10.2. The van der Waals surface area contributed by atoms with Crippen molar-refractivity contribution in [2.45, 2.75) is 12.5 Å². The van der Waals surface area contributed by atoms with Gasteiger partial charge in [-0.2, -0.15) is 0 Å². The zero-order valence-electron chi connectivity index (χ0n) is 10.2. The molecule has 0 aliphatic carbocycles. The van der Waals surface area contributed by atoms with E-state index in [9.17, 15) is 19.5 Å². The van der Waals surface area contributed by atoms with Crippen LogP contribution >= 0.6 is 0 Å². The van der Waals surface area contributed by atoms with E-state index in [0.29, 0.717) is 0 Å². The Hall–Kier alpha value is -2.35. The molecule has 1 heterocycles. The monoisotopic (exact) mass is 270 g/mol. The van der Waals surface area contributed by atoms with E-state index < -0.39 is 29.9 Å². The number of nitrogens with one attached hydrogen (secondary N) is 2. The van der Waals surface area contributed by atoms with Gasteiger partial charge in [0, 0.05) is 0 Å². The number of hydrogen-bond acceptors (Lipinski definition) is 5. The largest absolute Gasteiger partial charge is 0.479 e. The van der Waals surface area contributed by atoms with Crippen LogP contribution in [0.3, 0.4) is 0 Å². The molecule has 0 radical (unpaired) electrons. The van der Waals surface area contributed by atoms with E-state index in [1.165, 1.54) is 18.4 Å². The van der Waals surface area contributed by atoms with Crippen molar-refractivity contribution in [2.24, 2.45) is 0 Å². The lowest BCUT2D eigenvalue weighted by atomic mass is 10.1. The van der Waals surface area contributed by atoms with Crippen LogP contribution in [0.2, 0.25) is 0 Å². The molecule has 1 atom stereocenters. The van der Waals surface area contributed by atoms with Gasteiger partial charge in [0.15, 0.2) is 11.4 Å². The summed E-state index contributed by atoms with van der Waals surface area (Å²) in [4.78, 5) is 33.3. The van der Waals surface area contributed by atoms with Gasteiger partial charge in [-0.05, 0) is 19.1 Å². The summed E-state index contributed by atoms with van der Waals surface area (Å²) in [6.07, 6.45) is 1.32. The van der Waals surface area contributed by atoms with Crippen LogP contribution in [0.1, 0.15) is 17.5 Å². The normalized spacial score (nSPS) is 13.4. The maximum absolute atomic E-state index is 11.4. The highest BCUT2D eigenvalue weighted by Gasteiger charge is 2.30. The van der Waals surface area contributed by atoms with E-state index in [1.807, 2.05) is 0 Å². The number of aliphatic carboxylic acids is 1. The second-order valence-electron chi connectivity index (χ2n) is 4.02. The van der Waals surface area contributed by atoms with Crippen molar-refractivity contribution in [3.63, 3.8) is 0 Å². The van der Waals surface area contributed by atoms with Crippen LogP contribution in [0.5, 0.6) is 0 Å². The lowest BCUT2D eigenvalue weighted by Gasteiger charge is -2.18. The van der Waals surface area contributed by atoms with Gasteiger partial charge in [-0.25, -0.2) is 4.79 Å². The fourth-order valence-corrected chi connectivity index (χ4v) is 1.06. The Morgan fingerprint density at radius 2 is 2.05 bits per heavy atom. The number of carbonyl (C=O) groups excluding carboxylic acids is 2. The Morgan fingerprint density at radius 3 is 2.58 bits per heavy atom.